The molecule has 2 amide bonds. The molecule has 8 heteroatoms. The van der Waals surface area contributed by atoms with Gasteiger partial charge in [0.15, 0.2) is 5.69 Å². The lowest BCUT2D eigenvalue weighted by Gasteiger charge is -2.33. The van der Waals surface area contributed by atoms with Gasteiger partial charge in [0.2, 0.25) is 5.91 Å². The molecular formula is C23H26N4O3S. The summed E-state index contributed by atoms with van der Waals surface area (Å²) in [4.78, 5) is 28.4. The second-order valence-electron chi connectivity index (χ2n) is 7.94. The van der Waals surface area contributed by atoms with Gasteiger partial charge in [-0.1, -0.05) is 34.8 Å². The van der Waals surface area contributed by atoms with Crippen molar-refractivity contribution < 1.29 is 14.3 Å². The van der Waals surface area contributed by atoms with Crippen LogP contribution >= 0.6 is 11.5 Å². The Balaban J connectivity index is 2.12. The Hall–Kier alpha value is -3.26. The topological polar surface area (TPSA) is 84.4 Å². The summed E-state index contributed by atoms with van der Waals surface area (Å²) in [6.45, 7) is 8.15. The number of nitrogens with one attached hydrogen (secondary N) is 1. The highest BCUT2D eigenvalue weighted by atomic mass is 32.1. The molecule has 3 aromatic rings. The van der Waals surface area contributed by atoms with Gasteiger partial charge in [0, 0.05) is 16.6 Å². The van der Waals surface area contributed by atoms with Gasteiger partial charge in [0.05, 0.1) is 6.61 Å². The predicted molar refractivity (Wildman–Crippen MR) is 121 cm³/mol. The first-order chi connectivity index (χ1) is 14.8. The Morgan fingerprint density at radius 2 is 1.77 bits per heavy atom. The number of aromatic nitrogens is 2. The fourth-order valence-electron chi connectivity index (χ4n) is 3.12. The van der Waals surface area contributed by atoms with Gasteiger partial charge in [-0.25, -0.2) is 0 Å². The number of amides is 2. The Bertz CT molecular complexity index is 1000. The molecule has 0 spiro atoms. The number of ether oxygens (including phenoxy) is 1. The normalized spacial score (nSPS) is 12.1. The third kappa shape index (κ3) is 5.67. The van der Waals surface area contributed by atoms with Gasteiger partial charge in [0.25, 0.3) is 5.91 Å². The molecule has 0 bridgehead atoms. The molecule has 1 unspecified atom stereocenters. The predicted octanol–water partition coefficient (Wildman–Crippen LogP) is 4.24. The van der Waals surface area contributed by atoms with Crippen LogP contribution in [0.5, 0.6) is 5.75 Å². The first kappa shape index (κ1) is 22.4. The zero-order valence-corrected chi connectivity index (χ0v) is 18.8. The Morgan fingerprint density at radius 1 is 1.10 bits per heavy atom. The van der Waals surface area contributed by atoms with Crippen LogP contribution in [-0.4, -0.2) is 33.5 Å². The largest absolute Gasteiger partial charge is 0.494 e. The molecule has 1 heterocycles. The third-order valence-corrected chi connectivity index (χ3v) is 4.85. The fourth-order valence-corrected chi connectivity index (χ4v) is 3.55. The molecule has 162 valence electrons. The van der Waals surface area contributed by atoms with Crippen molar-refractivity contribution in [2.24, 2.45) is 0 Å². The molecule has 0 aliphatic carbocycles. The minimum atomic E-state index is -0.911. The summed E-state index contributed by atoms with van der Waals surface area (Å²) >= 11 is 1.09. The van der Waals surface area contributed by atoms with Crippen molar-refractivity contribution >= 4 is 29.0 Å². The molecule has 1 N–H and O–H groups in total. The van der Waals surface area contributed by atoms with E-state index in [0.717, 1.165) is 11.5 Å². The second kappa shape index (κ2) is 9.70. The van der Waals surface area contributed by atoms with Crippen LogP contribution < -0.4 is 15.0 Å². The average Bonchev–Trinajstić information content (AvgIpc) is 3.27. The van der Waals surface area contributed by atoms with Crippen molar-refractivity contribution in [1.82, 2.24) is 14.9 Å². The van der Waals surface area contributed by atoms with Crippen LogP contribution in [0.3, 0.4) is 0 Å². The van der Waals surface area contributed by atoms with E-state index in [-0.39, 0.29) is 11.6 Å². The van der Waals surface area contributed by atoms with E-state index in [1.807, 2.05) is 45.9 Å². The maximum absolute atomic E-state index is 13.5. The lowest BCUT2D eigenvalue weighted by Crippen LogP contribution is -2.49. The monoisotopic (exact) mass is 438 g/mol. The van der Waals surface area contributed by atoms with Gasteiger partial charge in [-0.15, -0.1) is 5.10 Å². The van der Waals surface area contributed by atoms with Crippen molar-refractivity contribution in [2.75, 3.05) is 11.5 Å². The van der Waals surface area contributed by atoms with Crippen LogP contribution in [0.4, 0.5) is 5.69 Å². The van der Waals surface area contributed by atoms with Crippen LogP contribution in [0.1, 0.15) is 49.8 Å². The molecule has 3 rings (SSSR count). The number of rotatable bonds is 7. The summed E-state index contributed by atoms with van der Waals surface area (Å²) in [5, 5.41) is 8.53. The van der Waals surface area contributed by atoms with Crippen LogP contribution in [0.15, 0.2) is 60.0 Å². The minimum absolute atomic E-state index is 0.188. The number of carbonyl (C=O) groups is 2. The number of anilines is 1. The summed E-state index contributed by atoms with van der Waals surface area (Å²) in [5.41, 5.74) is 0.955. The molecule has 7 nitrogen and oxygen atoms in total. The minimum Gasteiger partial charge on any atom is -0.494 e. The molecule has 0 saturated heterocycles. The summed E-state index contributed by atoms with van der Waals surface area (Å²) < 4.78 is 9.35. The second-order valence-corrected chi connectivity index (χ2v) is 8.55. The average molecular weight is 439 g/mol. The summed E-state index contributed by atoms with van der Waals surface area (Å²) in [5.74, 6) is 0.00228. The van der Waals surface area contributed by atoms with Crippen LogP contribution in [0.2, 0.25) is 0 Å². The zero-order chi connectivity index (χ0) is 22.4. The van der Waals surface area contributed by atoms with Gasteiger partial charge in [-0.2, -0.15) is 0 Å². The van der Waals surface area contributed by atoms with Gasteiger partial charge in [-0.05, 0) is 69.1 Å². The van der Waals surface area contributed by atoms with E-state index in [1.165, 1.54) is 4.90 Å². The fraction of sp³-hybridized carbons (Fsp3) is 0.304. The molecule has 0 fully saturated rings. The number of benzene rings is 2. The van der Waals surface area contributed by atoms with Crippen LogP contribution in [0, 0.1) is 0 Å². The van der Waals surface area contributed by atoms with Gasteiger partial charge < -0.3 is 10.1 Å². The van der Waals surface area contributed by atoms with Gasteiger partial charge in [0.1, 0.15) is 11.8 Å². The molecule has 1 atom stereocenters. The van der Waals surface area contributed by atoms with E-state index in [9.17, 15) is 9.59 Å². The SMILES string of the molecule is CCOc1ccc(C(C(=O)NC(C)(C)C)N(C(=O)c2csnn2)c2ccccc2)cc1. The van der Waals surface area contributed by atoms with Crippen LogP contribution in [-0.2, 0) is 4.79 Å². The lowest BCUT2D eigenvalue weighted by atomic mass is 10.0. The number of hydrogen-bond donors (Lipinski definition) is 1. The van der Waals surface area contributed by atoms with Gasteiger partial charge in [-0.3, -0.25) is 14.5 Å². The van der Waals surface area contributed by atoms with Gasteiger partial charge >= 0.3 is 0 Å². The highest BCUT2D eigenvalue weighted by molar-refractivity contribution is 7.03. The van der Waals surface area contributed by atoms with E-state index in [1.54, 1.807) is 41.8 Å². The van der Waals surface area contributed by atoms with E-state index in [2.05, 4.69) is 14.9 Å². The number of carbonyl (C=O) groups excluding carboxylic acids is 2. The van der Waals surface area contributed by atoms with E-state index in [4.69, 9.17) is 4.74 Å². The molecule has 0 aliphatic heterocycles. The first-order valence-corrected chi connectivity index (χ1v) is 10.8. The van der Waals surface area contributed by atoms with Crippen molar-refractivity contribution in [3.05, 3.63) is 71.2 Å². The van der Waals surface area contributed by atoms with Crippen LogP contribution in [0.25, 0.3) is 0 Å². The molecule has 0 saturated carbocycles. The third-order valence-electron chi connectivity index (χ3n) is 4.34. The summed E-state index contributed by atoms with van der Waals surface area (Å²) in [7, 11) is 0. The summed E-state index contributed by atoms with van der Waals surface area (Å²) in [6, 6.07) is 15.4. The van der Waals surface area contributed by atoms with Crippen molar-refractivity contribution in [3.8, 4) is 5.75 Å². The maximum atomic E-state index is 13.5. The van der Waals surface area contributed by atoms with Crippen molar-refractivity contribution in [3.63, 3.8) is 0 Å². The molecule has 2 aromatic carbocycles. The lowest BCUT2D eigenvalue weighted by molar-refractivity contribution is -0.123. The highest BCUT2D eigenvalue weighted by Crippen LogP contribution is 2.31. The Morgan fingerprint density at radius 3 is 2.32 bits per heavy atom. The zero-order valence-electron chi connectivity index (χ0n) is 18.0. The molecule has 1 aromatic heterocycles. The number of nitrogens with zero attached hydrogens (tertiary/aromatic N) is 3. The summed E-state index contributed by atoms with van der Waals surface area (Å²) in [6.07, 6.45) is 0. The highest BCUT2D eigenvalue weighted by Gasteiger charge is 2.35. The van der Waals surface area contributed by atoms with Crippen molar-refractivity contribution in [2.45, 2.75) is 39.3 Å². The van der Waals surface area contributed by atoms with E-state index >= 15 is 0 Å². The molecule has 0 aliphatic rings. The number of hydrogen-bond acceptors (Lipinski definition) is 6. The maximum Gasteiger partial charge on any atom is 0.280 e. The number of para-hydroxylation sites is 1. The molecule has 0 radical (unpaired) electrons. The molecular weight excluding hydrogens is 412 g/mol. The van der Waals surface area contributed by atoms with E-state index in [0.29, 0.717) is 23.6 Å². The quantitative estimate of drug-likeness (QED) is 0.596. The standard InChI is InChI=1S/C23H26N4O3S/c1-5-30-18-13-11-16(12-14-18)20(21(28)24-23(2,3)4)27(17-9-7-6-8-10-17)22(29)19-15-31-26-25-19/h6-15,20H,5H2,1-4H3,(H,24,28). The Labute approximate surface area is 186 Å². The van der Waals surface area contributed by atoms with Crippen molar-refractivity contribution in [1.29, 1.82) is 0 Å². The Kier molecular flexibility index (Phi) is 7.02. The molecule has 31 heavy (non-hydrogen) atoms. The first-order valence-electron chi connectivity index (χ1n) is 10.0. The van der Waals surface area contributed by atoms with E-state index < -0.39 is 17.5 Å². The smallest absolute Gasteiger partial charge is 0.280 e.